The van der Waals surface area contributed by atoms with Gasteiger partial charge in [-0.25, -0.2) is 15.0 Å². The van der Waals surface area contributed by atoms with E-state index < -0.39 is 0 Å². The Bertz CT molecular complexity index is 3160. The van der Waals surface area contributed by atoms with E-state index in [-0.39, 0.29) is 0 Å². The molecular formula is C47H27N3O. The molecule has 51 heavy (non-hydrogen) atoms. The summed E-state index contributed by atoms with van der Waals surface area (Å²) < 4.78 is 7.00. The number of hydrogen-bond acceptors (Lipinski definition) is 4. The summed E-state index contributed by atoms with van der Waals surface area (Å²) in [7, 11) is 0. The monoisotopic (exact) mass is 649 g/mol. The Morgan fingerprint density at radius 2 is 0.882 bits per heavy atom. The molecule has 2 aromatic heterocycles. The summed E-state index contributed by atoms with van der Waals surface area (Å²) >= 11 is 0. The molecule has 0 radical (unpaired) electrons. The lowest BCUT2D eigenvalue weighted by atomic mass is 9.92. The highest BCUT2D eigenvalue weighted by Crippen LogP contribution is 2.46. The van der Waals surface area contributed by atoms with Gasteiger partial charge in [-0.05, 0) is 66.7 Å². The maximum atomic E-state index is 7.00. The molecule has 0 atom stereocenters. The quantitative estimate of drug-likeness (QED) is 0.179. The second-order valence-corrected chi connectivity index (χ2v) is 13.1. The molecule has 0 aliphatic heterocycles. The first-order chi connectivity index (χ1) is 25.3. The third-order valence-corrected chi connectivity index (χ3v) is 10.3. The molecule has 11 rings (SSSR count). The molecule has 236 valence electrons. The zero-order valence-electron chi connectivity index (χ0n) is 27.3. The first-order valence-electron chi connectivity index (χ1n) is 17.2. The first-order valence-corrected chi connectivity index (χ1v) is 17.2. The molecule has 0 saturated heterocycles. The molecule has 9 aromatic carbocycles. The van der Waals surface area contributed by atoms with Crippen LogP contribution in [0.25, 0.3) is 110 Å². The van der Waals surface area contributed by atoms with Gasteiger partial charge in [-0.2, -0.15) is 0 Å². The molecule has 0 saturated carbocycles. The van der Waals surface area contributed by atoms with Gasteiger partial charge in [-0.3, -0.25) is 0 Å². The fourth-order valence-electron chi connectivity index (χ4n) is 7.94. The summed E-state index contributed by atoms with van der Waals surface area (Å²) in [5.74, 6) is 1.86. The fourth-order valence-corrected chi connectivity index (χ4v) is 7.94. The molecule has 0 aliphatic carbocycles. The van der Waals surface area contributed by atoms with Crippen molar-refractivity contribution in [2.45, 2.75) is 0 Å². The number of aromatic nitrogens is 3. The third kappa shape index (κ3) is 4.23. The molecule has 4 heteroatoms. The minimum atomic E-state index is 0.611. The van der Waals surface area contributed by atoms with Gasteiger partial charge in [0.25, 0.3) is 0 Å². The summed E-state index contributed by atoms with van der Waals surface area (Å²) in [6.45, 7) is 0. The van der Waals surface area contributed by atoms with Gasteiger partial charge in [0.2, 0.25) is 0 Å². The average Bonchev–Trinajstić information content (AvgIpc) is 3.58. The highest BCUT2D eigenvalue weighted by Gasteiger charge is 2.23. The maximum Gasteiger partial charge on any atom is 0.165 e. The van der Waals surface area contributed by atoms with Gasteiger partial charge in [-0.1, -0.05) is 146 Å². The van der Waals surface area contributed by atoms with E-state index in [1.54, 1.807) is 0 Å². The minimum absolute atomic E-state index is 0.611. The summed E-state index contributed by atoms with van der Waals surface area (Å²) in [6.07, 6.45) is 0. The largest absolute Gasteiger partial charge is 0.455 e. The Hall–Kier alpha value is -6.91. The van der Waals surface area contributed by atoms with Crippen molar-refractivity contribution in [3.8, 4) is 34.2 Å². The van der Waals surface area contributed by atoms with Gasteiger partial charge < -0.3 is 4.42 Å². The van der Waals surface area contributed by atoms with Crippen molar-refractivity contribution < 1.29 is 4.42 Å². The zero-order chi connectivity index (χ0) is 33.5. The Morgan fingerprint density at radius 3 is 1.65 bits per heavy atom. The van der Waals surface area contributed by atoms with Gasteiger partial charge in [-0.15, -0.1) is 0 Å². The van der Waals surface area contributed by atoms with Crippen LogP contribution in [0.4, 0.5) is 0 Å². The number of hydrogen-bond donors (Lipinski definition) is 0. The van der Waals surface area contributed by atoms with Crippen LogP contribution in [0.15, 0.2) is 168 Å². The van der Waals surface area contributed by atoms with E-state index in [0.717, 1.165) is 60.2 Å². The number of fused-ring (bicyclic) bond motifs is 12. The predicted octanol–water partition coefficient (Wildman–Crippen LogP) is 12.5. The van der Waals surface area contributed by atoms with Gasteiger partial charge >= 0.3 is 0 Å². The summed E-state index contributed by atoms with van der Waals surface area (Å²) in [6, 6.07) is 57.3. The van der Waals surface area contributed by atoms with E-state index in [1.165, 1.54) is 32.3 Å². The van der Waals surface area contributed by atoms with Crippen molar-refractivity contribution in [1.29, 1.82) is 0 Å². The van der Waals surface area contributed by atoms with E-state index in [1.807, 2.05) is 18.2 Å². The molecule has 0 amide bonds. The number of benzene rings is 9. The van der Waals surface area contributed by atoms with Crippen molar-refractivity contribution >= 4 is 75.8 Å². The van der Waals surface area contributed by atoms with Gasteiger partial charge in [0.15, 0.2) is 17.5 Å². The molecule has 0 N–H and O–H groups in total. The van der Waals surface area contributed by atoms with Crippen LogP contribution < -0.4 is 0 Å². The molecule has 0 aliphatic rings. The average molecular weight is 650 g/mol. The molecule has 0 unspecified atom stereocenters. The van der Waals surface area contributed by atoms with E-state index in [4.69, 9.17) is 19.4 Å². The molecule has 0 spiro atoms. The lowest BCUT2D eigenvalue weighted by Crippen LogP contribution is -2.01. The third-order valence-electron chi connectivity index (χ3n) is 10.3. The number of rotatable bonds is 3. The van der Waals surface area contributed by atoms with Gasteiger partial charge in [0.1, 0.15) is 11.2 Å². The van der Waals surface area contributed by atoms with Gasteiger partial charge in [0.05, 0.1) is 0 Å². The standard InChI is InChI=1S/C47H27N3O/c1-2-13-29(14-3-1)45-48-46(32-23-22-28-12-4-5-15-30(28)26-32)50-47(49-45)43-33-17-7-6-16-31(33)27-40-42(43)39-25-24-38-36-20-9-8-18-34(36)35-19-10-11-21-37(35)41(38)44(39)51-40/h1-27H. The van der Waals surface area contributed by atoms with Crippen LogP contribution in [0.1, 0.15) is 0 Å². The second kappa shape index (κ2) is 10.8. The molecule has 11 aromatic rings. The lowest BCUT2D eigenvalue weighted by Gasteiger charge is -2.12. The Balaban J connectivity index is 1.28. The Kier molecular flexibility index (Phi) is 5.92. The van der Waals surface area contributed by atoms with Crippen LogP contribution in [0.5, 0.6) is 0 Å². The number of nitrogens with zero attached hydrogens (tertiary/aromatic N) is 3. The smallest absolute Gasteiger partial charge is 0.165 e. The van der Waals surface area contributed by atoms with E-state index in [0.29, 0.717) is 17.5 Å². The highest BCUT2D eigenvalue weighted by molar-refractivity contribution is 6.33. The van der Waals surface area contributed by atoms with Crippen LogP contribution in [0, 0.1) is 0 Å². The molecule has 0 fully saturated rings. The highest BCUT2D eigenvalue weighted by atomic mass is 16.3. The van der Waals surface area contributed by atoms with E-state index in [9.17, 15) is 0 Å². The summed E-state index contributed by atoms with van der Waals surface area (Å²) in [5, 5.41) is 13.6. The normalized spacial score (nSPS) is 11.9. The summed E-state index contributed by atoms with van der Waals surface area (Å²) in [4.78, 5) is 15.6. The molecule has 0 bridgehead atoms. The van der Waals surface area contributed by atoms with E-state index >= 15 is 0 Å². The van der Waals surface area contributed by atoms with Crippen molar-refractivity contribution in [3.05, 3.63) is 164 Å². The Morgan fingerprint density at radius 1 is 0.333 bits per heavy atom. The lowest BCUT2D eigenvalue weighted by molar-refractivity contribution is 0.673. The zero-order valence-corrected chi connectivity index (χ0v) is 27.3. The van der Waals surface area contributed by atoms with Gasteiger partial charge in [0, 0.05) is 32.8 Å². The first kappa shape index (κ1) is 28.0. The van der Waals surface area contributed by atoms with Crippen LogP contribution >= 0.6 is 0 Å². The molecular weight excluding hydrogens is 623 g/mol. The second-order valence-electron chi connectivity index (χ2n) is 13.1. The molecule has 4 nitrogen and oxygen atoms in total. The van der Waals surface area contributed by atoms with Crippen LogP contribution in [-0.2, 0) is 0 Å². The SMILES string of the molecule is c1ccc(-c2nc(-c3ccc4ccccc4c3)nc(-c3c4ccccc4cc4oc5c(ccc6c7ccccc7c7ccccc7c65)c34)n2)cc1. The Labute approximate surface area is 292 Å². The van der Waals surface area contributed by atoms with Crippen molar-refractivity contribution in [2.24, 2.45) is 0 Å². The topological polar surface area (TPSA) is 51.8 Å². The molecule has 2 heterocycles. The maximum absolute atomic E-state index is 7.00. The minimum Gasteiger partial charge on any atom is -0.455 e. The number of furan rings is 1. The predicted molar refractivity (Wildman–Crippen MR) is 211 cm³/mol. The van der Waals surface area contributed by atoms with Crippen LogP contribution in [0.3, 0.4) is 0 Å². The van der Waals surface area contributed by atoms with E-state index in [2.05, 4.69) is 146 Å². The fraction of sp³-hybridized carbons (Fsp3) is 0. The van der Waals surface area contributed by atoms with Crippen molar-refractivity contribution in [1.82, 2.24) is 15.0 Å². The van der Waals surface area contributed by atoms with Crippen LogP contribution in [0.2, 0.25) is 0 Å². The van der Waals surface area contributed by atoms with Crippen LogP contribution in [-0.4, -0.2) is 15.0 Å². The summed E-state index contributed by atoms with van der Waals surface area (Å²) in [5.41, 5.74) is 4.48. The van der Waals surface area contributed by atoms with Crippen molar-refractivity contribution in [3.63, 3.8) is 0 Å². The van der Waals surface area contributed by atoms with Crippen molar-refractivity contribution in [2.75, 3.05) is 0 Å².